The fourth-order valence-corrected chi connectivity index (χ4v) is 1.85. The Bertz CT molecular complexity index is 525. The van der Waals surface area contributed by atoms with Gasteiger partial charge in [0, 0.05) is 41.1 Å². The molecule has 96 valence electrons. The quantitative estimate of drug-likeness (QED) is 0.628. The van der Waals surface area contributed by atoms with E-state index in [1.165, 1.54) is 0 Å². The van der Waals surface area contributed by atoms with Gasteiger partial charge in [-0.1, -0.05) is 0 Å². The van der Waals surface area contributed by atoms with Crippen molar-refractivity contribution < 1.29 is 4.74 Å². The molecule has 1 aromatic heterocycles. The highest BCUT2D eigenvalue weighted by Crippen LogP contribution is 2.27. The lowest BCUT2D eigenvalue weighted by molar-refractivity contribution is 0.0871. The van der Waals surface area contributed by atoms with Crippen molar-refractivity contribution in [2.75, 3.05) is 24.2 Å². The van der Waals surface area contributed by atoms with E-state index in [1.807, 2.05) is 38.2 Å². The van der Waals surface area contributed by atoms with Gasteiger partial charge in [-0.2, -0.15) is 0 Å². The number of nitrogens with zero attached hydrogens (tertiary/aromatic N) is 1. The van der Waals surface area contributed by atoms with Gasteiger partial charge in [0.05, 0.1) is 12.7 Å². The molecule has 0 unspecified atom stereocenters. The minimum atomic E-state index is 0.261. The first-order chi connectivity index (χ1) is 8.68. The number of ether oxygens (including phenoxy) is 1. The minimum absolute atomic E-state index is 0.261. The van der Waals surface area contributed by atoms with Crippen molar-refractivity contribution >= 4 is 22.1 Å². The second-order valence-corrected chi connectivity index (χ2v) is 4.47. The van der Waals surface area contributed by atoms with Crippen molar-refractivity contribution in [3.8, 4) is 0 Å². The van der Waals surface area contributed by atoms with E-state index in [9.17, 15) is 0 Å². The molecule has 0 saturated carbocycles. The number of fused-ring (bicyclic) bond motifs is 1. The molecule has 0 atom stereocenters. The number of nitrogens with one attached hydrogen (secondary N) is 1. The zero-order chi connectivity index (χ0) is 13.0. The van der Waals surface area contributed by atoms with Gasteiger partial charge in [0.1, 0.15) is 0 Å². The van der Waals surface area contributed by atoms with Crippen molar-refractivity contribution in [3.63, 3.8) is 0 Å². The van der Waals surface area contributed by atoms with Crippen molar-refractivity contribution in [2.24, 2.45) is 0 Å². The Labute approximate surface area is 107 Å². The SMILES string of the molecule is CC(C)OCCNc1ccc(N)c2ccncc12. The summed E-state index contributed by atoms with van der Waals surface area (Å²) in [6.45, 7) is 5.51. The number of anilines is 2. The van der Waals surface area contributed by atoms with Gasteiger partial charge in [0.2, 0.25) is 0 Å². The van der Waals surface area contributed by atoms with Gasteiger partial charge in [-0.25, -0.2) is 0 Å². The third-order valence-electron chi connectivity index (χ3n) is 2.72. The van der Waals surface area contributed by atoms with Gasteiger partial charge < -0.3 is 15.8 Å². The monoisotopic (exact) mass is 245 g/mol. The molecule has 0 aliphatic carbocycles. The van der Waals surface area contributed by atoms with Crippen LogP contribution in [0.5, 0.6) is 0 Å². The van der Waals surface area contributed by atoms with Gasteiger partial charge in [-0.3, -0.25) is 4.98 Å². The molecule has 4 heteroatoms. The van der Waals surface area contributed by atoms with Crippen LogP contribution in [-0.2, 0) is 4.74 Å². The summed E-state index contributed by atoms with van der Waals surface area (Å²) in [6, 6.07) is 5.82. The van der Waals surface area contributed by atoms with E-state index in [4.69, 9.17) is 10.5 Å². The molecular weight excluding hydrogens is 226 g/mol. The number of nitrogens with two attached hydrogens (primary N) is 1. The summed E-state index contributed by atoms with van der Waals surface area (Å²) in [5, 5.41) is 5.42. The lowest BCUT2D eigenvalue weighted by Crippen LogP contribution is -2.13. The van der Waals surface area contributed by atoms with Crippen LogP contribution in [0.2, 0.25) is 0 Å². The van der Waals surface area contributed by atoms with E-state index in [0.717, 1.165) is 28.7 Å². The highest BCUT2D eigenvalue weighted by molar-refractivity contribution is 6.00. The number of aromatic nitrogens is 1. The molecule has 0 aliphatic heterocycles. The first kappa shape index (κ1) is 12.6. The number of rotatable bonds is 5. The molecular formula is C14H19N3O. The zero-order valence-corrected chi connectivity index (χ0v) is 10.8. The molecule has 0 saturated heterocycles. The number of nitrogen functional groups attached to an aromatic ring is 1. The number of benzene rings is 1. The minimum Gasteiger partial charge on any atom is -0.398 e. The summed E-state index contributed by atoms with van der Waals surface area (Å²) < 4.78 is 5.50. The van der Waals surface area contributed by atoms with E-state index in [0.29, 0.717) is 6.61 Å². The van der Waals surface area contributed by atoms with Crippen LogP contribution in [0.25, 0.3) is 10.8 Å². The molecule has 2 aromatic rings. The van der Waals surface area contributed by atoms with Crippen molar-refractivity contribution in [3.05, 3.63) is 30.6 Å². The second-order valence-electron chi connectivity index (χ2n) is 4.47. The van der Waals surface area contributed by atoms with E-state index in [-0.39, 0.29) is 6.10 Å². The number of hydrogen-bond donors (Lipinski definition) is 2. The first-order valence-electron chi connectivity index (χ1n) is 6.16. The van der Waals surface area contributed by atoms with Crippen LogP contribution in [0.4, 0.5) is 11.4 Å². The van der Waals surface area contributed by atoms with Gasteiger partial charge in [-0.15, -0.1) is 0 Å². The Morgan fingerprint density at radius 2 is 2.11 bits per heavy atom. The van der Waals surface area contributed by atoms with Crippen LogP contribution in [0, 0.1) is 0 Å². The average molecular weight is 245 g/mol. The summed E-state index contributed by atoms with van der Waals surface area (Å²) in [5.74, 6) is 0. The Morgan fingerprint density at radius 3 is 2.89 bits per heavy atom. The third kappa shape index (κ3) is 2.90. The van der Waals surface area contributed by atoms with Crippen LogP contribution < -0.4 is 11.1 Å². The molecule has 0 spiro atoms. The lowest BCUT2D eigenvalue weighted by atomic mass is 10.1. The highest BCUT2D eigenvalue weighted by Gasteiger charge is 2.03. The molecule has 18 heavy (non-hydrogen) atoms. The van der Waals surface area contributed by atoms with Gasteiger partial charge in [-0.05, 0) is 32.0 Å². The molecule has 1 aromatic carbocycles. The highest BCUT2D eigenvalue weighted by atomic mass is 16.5. The van der Waals surface area contributed by atoms with E-state index in [2.05, 4.69) is 10.3 Å². The molecule has 0 fully saturated rings. The molecule has 2 rings (SSSR count). The Kier molecular flexibility index (Phi) is 3.99. The molecule has 4 nitrogen and oxygen atoms in total. The van der Waals surface area contributed by atoms with Gasteiger partial charge in [0.25, 0.3) is 0 Å². The Balaban J connectivity index is 2.11. The topological polar surface area (TPSA) is 60.2 Å². The maximum Gasteiger partial charge on any atom is 0.0642 e. The molecule has 0 aliphatic rings. The molecule has 0 radical (unpaired) electrons. The Hall–Kier alpha value is -1.81. The predicted molar refractivity (Wildman–Crippen MR) is 75.7 cm³/mol. The summed E-state index contributed by atoms with van der Waals surface area (Å²) in [5.41, 5.74) is 7.76. The third-order valence-corrected chi connectivity index (χ3v) is 2.72. The van der Waals surface area contributed by atoms with Gasteiger partial charge >= 0.3 is 0 Å². The fraction of sp³-hybridized carbons (Fsp3) is 0.357. The van der Waals surface area contributed by atoms with Gasteiger partial charge in [0.15, 0.2) is 0 Å². The predicted octanol–water partition coefficient (Wildman–Crippen LogP) is 2.65. The normalized spacial score (nSPS) is 11.1. The second kappa shape index (κ2) is 5.69. The fourth-order valence-electron chi connectivity index (χ4n) is 1.85. The first-order valence-corrected chi connectivity index (χ1v) is 6.16. The Morgan fingerprint density at radius 1 is 1.28 bits per heavy atom. The summed E-state index contributed by atoms with van der Waals surface area (Å²) in [4.78, 5) is 4.14. The zero-order valence-electron chi connectivity index (χ0n) is 10.8. The lowest BCUT2D eigenvalue weighted by Gasteiger charge is -2.12. The molecule has 0 bridgehead atoms. The van der Waals surface area contributed by atoms with Crippen LogP contribution in [0.1, 0.15) is 13.8 Å². The summed E-state index contributed by atoms with van der Waals surface area (Å²) >= 11 is 0. The van der Waals surface area contributed by atoms with E-state index >= 15 is 0 Å². The smallest absolute Gasteiger partial charge is 0.0642 e. The van der Waals surface area contributed by atoms with Crippen LogP contribution in [0.15, 0.2) is 30.6 Å². The number of pyridine rings is 1. The van der Waals surface area contributed by atoms with Crippen LogP contribution in [-0.4, -0.2) is 24.2 Å². The van der Waals surface area contributed by atoms with Crippen LogP contribution in [0.3, 0.4) is 0 Å². The van der Waals surface area contributed by atoms with Crippen molar-refractivity contribution in [1.29, 1.82) is 0 Å². The van der Waals surface area contributed by atoms with Crippen molar-refractivity contribution in [1.82, 2.24) is 4.98 Å². The average Bonchev–Trinajstić information content (AvgIpc) is 2.37. The maximum absolute atomic E-state index is 5.94. The summed E-state index contributed by atoms with van der Waals surface area (Å²) in [6.07, 6.45) is 3.85. The van der Waals surface area contributed by atoms with Crippen molar-refractivity contribution in [2.45, 2.75) is 20.0 Å². The van der Waals surface area contributed by atoms with Crippen LogP contribution >= 0.6 is 0 Å². The van der Waals surface area contributed by atoms with E-state index < -0.39 is 0 Å². The summed E-state index contributed by atoms with van der Waals surface area (Å²) in [7, 11) is 0. The molecule has 1 heterocycles. The largest absolute Gasteiger partial charge is 0.398 e. The molecule has 0 amide bonds. The number of hydrogen-bond acceptors (Lipinski definition) is 4. The standard InChI is InChI=1S/C14H19N3O/c1-10(2)18-8-7-17-14-4-3-13(15)11-5-6-16-9-12(11)14/h3-6,9-10,17H,7-8,15H2,1-2H3. The maximum atomic E-state index is 5.94. The van der Waals surface area contributed by atoms with E-state index in [1.54, 1.807) is 6.20 Å². The molecule has 3 N–H and O–H groups in total.